The number of anilines is 1. The van der Waals surface area contributed by atoms with Crippen LogP contribution in [0.5, 0.6) is 0 Å². The Labute approximate surface area is 105 Å². The maximum absolute atomic E-state index is 11.9. The molecule has 1 rings (SSSR count). The Morgan fingerprint density at radius 2 is 1.72 bits per heavy atom. The summed E-state index contributed by atoms with van der Waals surface area (Å²) in [5.74, 6) is -1.02. The number of carboxylic acid groups (broad SMARTS) is 1. The van der Waals surface area contributed by atoms with Crippen molar-refractivity contribution in [3.8, 4) is 0 Å². The number of hydrogen-bond acceptors (Lipinski definition) is 3. The average molecular weight is 252 g/mol. The molecule has 0 atom stereocenters. The number of rotatable bonds is 4. The molecule has 0 heterocycles. The smallest absolute Gasteiger partial charge is 0.335 e. The third kappa shape index (κ3) is 3.21. The number of carbonyl (C=O) groups excluding carboxylic acids is 1. The Morgan fingerprint density at radius 1 is 1.17 bits per heavy atom. The number of nitrogens with zero attached hydrogens (tertiary/aromatic N) is 2. The van der Waals surface area contributed by atoms with Crippen LogP contribution in [0.1, 0.15) is 10.4 Å². The highest BCUT2D eigenvalue weighted by Gasteiger charge is 2.17. The van der Waals surface area contributed by atoms with E-state index in [1.807, 2.05) is 0 Å². The molecule has 0 unspecified atom stereocenters. The van der Waals surface area contributed by atoms with Crippen molar-refractivity contribution in [2.75, 3.05) is 32.1 Å². The summed E-state index contributed by atoms with van der Waals surface area (Å²) in [5, 5.41) is 17.8. The van der Waals surface area contributed by atoms with Crippen LogP contribution in [0.2, 0.25) is 0 Å². The van der Waals surface area contributed by atoms with Gasteiger partial charge in [-0.15, -0.1) is 0 Å². The highest BCUT2D eigenvalue weighted by Crippen LogP contribution is 2.16. The zero-order valence-electron chi connectivity index (χ0n) is 10.3. The lowest BCUT2D eigenvalue weighted by atomic mass is 10.2. The monoisotopic (exact) mass is 252 g/mol. The minimum absolute atomic E-state index is 0.153. The standard InChI is InChI=1S/C12H16N2O4/c1-13(2)12(18)14(7-8-15)10-5-3-9(4-6-10)11(16)17/h3-6,15H,7-8H2,1-2H3,(H,16,17). The predicted octanol–water partition coefficient (Wildman–Crippen LogP) is 0.865. The van der Waals surface area contributed by atoms with E-state index >= 15 is 0 Å². The quantitative estimate of drug-likeness (QED) is 0.833. The molecule has 6 heteroatoms. The Morgan fingerprint density at radius 3 is 2.11 bits per heavy atom. The van der Waals surface area contributed by atoms with Gasteiger partial charge in [0.15, 0.2) is 0 Å². The van der Waals surface area contributed by atoms with Crippen molar-refractivity contribution in [3.63, 3.8) is 0 Å². The number of benzene rings is 1. The molecule has 0 bridgehead atoms. The van der Waals surface area contributed by atoms with Crippen molar-refractivity contribution in [1.29, 1.82) is 0 Å². The van der Waals surface area contributed by atoms with E-state index in [4.69, 9.17) is 10.2 Å². The van der Waals surface area contributed by atoms with Crippen molar-refractivity contribution >= 4 is 17.7 Å². The molecule has 18 heavy (non-hydrogen) atoms. The number of aliphatic hydroxyl groups is 1. The topological polar surface area (TPSA) is 81.1 Å². The number of urea groups is 1. The Hall–Kier alpha value is -2.08. The highest BCUT2D eigenvalue weighted by molar-refractivity contribution is 5.93. The van der Waals surface area contributed by atoms with E-state index in [9.17, 15) is 9.59 Å². The molecule has 0 spiro atoms. The van der Waals surface area contributed by atoms with E-state index in [0.717, 1.165) is 0 Å². The third-order valence-corrected chi connectivity index (χ3v) is 2.36. The zero-order valence-corrected chi connectivity index (χ0v) is 10.3. The second-order valence-corrected chi connectivity index (χ2v) is 3.90. The molecule has 1 aromatic carbocycles. The lowest BCUT2D eigenvalue weighted by Gasteiger charge is -2.25. The first kappa shape index (κ1) is 14.0. The molecule has 98 valence electrons. The second kappa shape index (κ2) is 6.02. The Bertz CT molecular complexity index is 428. The lowest BCUT2D eigenvalue weighted by Crippen LogP contribution is -2.41. The van der Waals surface area contributed by atoms with Crippen LogP contribution in [0.3, 0.4) is 0 Å². The van der Waals surface area contributed by atoms with Gasteiger partial charge in [0.2, 0.25) is 0 Å². The van der Waals surface area contributed by atoms with Gasteiger partial charge in [0.25, 0.3) is 0 Å². The maximum atomic E-state index is 11.9. The molecule has 0 radical (unpaired) electrons. The highest BCUT2D eigenvalue weighted by atomic mass is 16.4. The largest absolute Gasteiger partial charge is 0.478 e. The number of aliphatic hydroxyl groups excluding tert-OH is 1. The molecule has 2 N–H and O–H groups in total. The van der Waals surface area contributed by atoms with E-state index in [-0.39, 0.29) is 24.7 Å². The molecule has 1 aromatic rings. The molecular weight excluding hydrogens is 236 g/mol. The maximum Gasteiger partial charge on any atom is 0.335 e. The van der Waals surface area contributed by atoms with E-state index in [1.165, 1.54) is 21.9 Å². The van der Waals surface area contributed by atoms with Gasteiger partial charge >= 0.3 is 12.0 Å². The van der Waals surface area contributed by atoms with Gasteiger partial charge in [-0.05, 0) is 24.3 Å². The Balaban J connectivity index is 2.99. The summed E-state index contributed by atoms with van der Waals surface area (Å²) in [4.78, 5) is 25.4. The van der Waals surface area contributed by atoms with Gasteiger partial charge < -0.3 is 15.1 Å². The lowest BCUT2D eigenvalue weighted by molar-refractivity contribution is 0.0697. The van der Waals surface area contributed by atoms with E-state index in [1.54, 1.807) is 26.2 Å². The molecule has 0 saturated heterocycles. The summed E-state index contributed by atoms with van der Waals surface area (Å²) in [5.41, 5.74) is 0.702. The third-order valence-electron chi connectivity index (χ3n) is 2.36. The number of carboxylic acids is 1. The van der Waals surface area contributed by atoms with Crippen LogP contribution >= 0.6 is 0 Å². The number of hydrogen-bond donors (Lipinski definition) is 2. The summed E-state index contributed by atoms with van der Waals surface area (Å²) in [6.45, 7) is -0.0102. The fourth-order valence-corrected chi connectivity index (χ4v) is 1.46. The van der Waals surface area contributed by atoms with Crippen LogP contribution in [0.25, 0.3) is 0 Å². The van der Waals surface area contributed by atoms with E-state index in [2.05, 4.69) is 0 Å². The number of carbonyl (C=O) groups is 2. The summed E-state index contributed by atoms with van der Waals surface area (Å²) in [6, 6.07) is 5.66. The molecular formula is C12H16N2O4. The number of amides is 2. The summed E-state index contributed by atoms with van der Waals surface area (Å²) >= 11 is 0. The molecule has 2 amide bonds. The second-order valence-electron chi connectivity index (χ2n) is 3.90. The SMILES string of the molecule is CN(C)C(=O)N(CCO)c1ccc(C(=O)O)cc1. The normalized spacial score (nSPS) is 9.94. The molecule has 0 aromatic heterocycles. The van der Waals surface area contributed by atoms with Crippen molar-refractivity contribution in [2.24, 2.45) is 0 Å². The van der Waals surface area contributed by atoms with Gasteiger partial charge in [-0.1, -0.05) is 0 Å². The summed E-state index contributed by atoms with van der Waals surface area (Å²) in [6.07, 6.45) is 0. The molecule has 0 saturated carbocycles. The number of aromatic carboxylic acids is 1. The van der Waals surface area contributed by atoms with Crippen molar-refractivity contribution in [3.05, 3.63) is 29.8 Å². The fourth-order valence-electron chi connectivity index (χ4n) is 1.46. The zero-order chi connectivity index (χ0) is 13.7. The summed E-state index contributed by atoms with van der Waals surface area (Å²) < 4.78 is 0. The average Bonchev–Trinajstić information content (AvgIpc) is 2.35. The van der Waals surface area contributed by atoms with Crippen LogP contribution in [0, 0.1) is 0 Å². The van der Waals surface area contributed by atoms with E-state index < -0.39 is 5.97 Å². The van der Waals surface area contributed by atoms with Crippen LogP contribution < -0.4 is 4.90 Å². The van der Waals surface area contributed by atoms with Crippen LogP contribution in [-0.4, -0.2) is 54.4 Å². The fraction of sp³-hybridized carbons (Fsp3) is 0.333. The summed E-state index contributed by atoms with van der Waals surface area (Å²) in [7, 11) is 3.22. The van der Waals surface area contributed by atoms with Gasteiger partial charge in [0.1, 0.15) is 0 Å². The van der Waals surface area contributed by atoms with Crippen molar-refractivity contribution in [1.82, 2.24) is 4.90 Å². The van der Waals surface area contributed by atoms with Crippen molar-refractivity contribution < 1.29 is 19.8 Å². The first-order valence-electron chi connectivity index (χ1n) is 5.40. The van der Waals surface area contributed by atoms with Gasteiger partial charge in [0.05, 0.1) is 18.7 Å². The first-order valence-corrected chi connectivity index (χ1v) is 5.40. The first-order chi connectivity index (χ1) is 8.47. The predicted molar refractivity (Wildman–Crippen MR) is 66.9 cm³/mol. The van der Waals surface area contributed by atoms with Gasteiger partial charge in [0, 0.05) is 19.8 Å². The van der Waals surface area contributed by atoms with Gasteiger partial charge in [-0.3, -0.25) is 4.90 Å². The molecule has 0 fully saturated rings. The van der Waals surface area contributed by atoms with Crippen LogP contribution in [0.15, 0.2) is 24.3 Å². The minimum Gasteiger partial charge on any atom is -0.478 e. The molecule has 0 aliphatic heterocycles. The Kier molecular flexibility index (Phi) is 4.67. The van der Waals surface area contributed by atoms with Crippen LogP contribution in [-0.2, 0) is 0 Å². The molecule has 0 aliphatic carbocycles. The van der Waals surface area contributed by atoms with Gasteiger partial charge in [-0.25, -0.2) is 9.59 Å². The van der Waals surface area contributed by atoms with Crippen molar-refractivity contribution in [2.45, 2.75) is 0 Å². The van der Waals surface area contributed by atoms with E-state index in [0.29, 0.717) is 5.69 Å². The van der Waals surface area contributed by atoms with Crippen LogP contribution in [0.4, 0.5) is 10.5 Å². The van der Waals surface area contributed by atoms with Gasteiger partial charge in [-0.2, -0.15) is 0 Å². The molecule has 0 aliphatic rings. The molecule has 6 nitrogen and oxygen atoms in total. The minimum atomic E-state index is -1.02.